The molecule has 6 heteroatoms. The molecular formula is C14H15N3O3. The number of amides is 1. The lowest BCUT2D eigenvalue weighted by Crippen LogP contribution is -2.50. The number of fused-ring (bicyclic) bond motifs is 1. The molecule has 4 N–H and O–H groups in total. The highest BCUT2D eigenvalue weighted by Gasteiger charge is 2.43. The van der Waals surface area contributed by atoms with Gasteiger partial charge in [-0.2, -0.15) is 0 Å². The van der Waals surface area contributed by atoms with Crippen molar-refractivity contribution >= 4 is 22.8 Å². The third-order valence-corrected chi connectivity index (χ3v) is 3.82. The van der Waals surface area contributed by atoms with Gasteiger partial charge >= 0.3 is 5.97 Å². The number of nitrogens with two attached hydrogens (primary N) is 1. The van der Waals surface area contributed by atoms with Gasteiger partial charge in [-0.05, 0) is 30.0 Å². The summed E-state index contributed by atoms with van der Waals surface area (Å²) >= 11 is 0. The molecule has 3 rings (SSSR count). The van der Waals surface area contributed by atoms with Gasteiger partial charge in [0.1, 0.15) is 5.54 Å². The van der Waals surface area contributed by atoms with Gasteiger partial charge in [0.25, 0.3) is 5.91 Å². The number of hydrogen-bond acceptors (Lipinski definition) is 3. The van der Waals surface area contributed by atoms with E-state index in [4.69, 9.17) is 10.8 Å². The minimum absolute atomic E-state index is 0.0456. The predicted octanol–water partition coefficient (Wildman–Crippen LogP) is 0.796. The Bertz CT molecular complexity index is 694. The molecule has 1 amide bonds. The number of aromatic amines is 1. The Morgan fingerprint density at radius 3 is 2.85 bits per heavy atom. The summed E-state index contributed by atoms with van der Waals surface area (Å²) in [5.41, 5.74) is 5.87. The van der Waals surface area contributed by atoms with Crippen LogP contribution in [-0.4, -0.2) is 45.5 Å². The number of hydrogen-bond donors (Lipinski definition) is 3. The molecule has 1 aliphatic heterocycles. The Morgan fingerprint density at radius 2 is 2.15 bits per heavy atom. The molecule has 0 spiro atoms. The van der Waals surface area contributed by atoms with Crippen LogP contribution >= 0.6 is 0 Å². The topological polar surface area (TPSA) is 99.4 Å². The fraction of sp³-hybridized carbons (Fsp3) is 0.286. The quantitative estimate of drug-likeness (QED) is 0.753. The molecule has 1 aromatic heterocycles. The maximum atomic E-state index is 12.4. The molecule has 1 aliphatic rings. The summed E-state index contributed by atoms with van der Waals surface area (Å²) in [5, 5.41) is 10.1. The zero-order valence-electron chi connectivity index (χ0n) is 10.8. The van der Waals surface area contributed by atoms with Gasteiger partial charge in [0.2, 0.25) is 0 Å². The van der Waals surface area contributed by atoms with Gasteiger partial charge in [-0.1, -0.05) is 6.07 Å². The fourth-order valence-corrected chi connectivity index (χ4v) is 2.54. The summed E-state index contributed by atoms with van der Waals surface area (Å²) in [6.45, 7) is 0.411. The van der Waals surface area contributed by atoms with Crippen molar-refractivity contribution < 1.29 is 14.7 Å². The number of H-pyrrole nitrogens is 1. The van der Waals surface area contributed by atoms with E-state index in [1.54, 1.807) is 12.1 Å². The molecule has 1 atom stereocenters. The molecule has 1 unspecified atom stereocenters. The van der Waals surface area contributed by atoms with Crippen molar-refractivity contribution in [3.8, 4) is 0 Å². The number of nitrogens with zero attached hydrogens (tertiary/aromatic N) is 1. The van der Waals surface area contributed by atoms with Crippen LogP contribution in [0.2, 0.25) is 0 Å². The van der Waals surface area contributed by atoms with Crippen molar-refractivity contribution in [3.63, 3.8) is 0 Å². The van der Waals surface area contributed by atoms with E-state index in [9.17, 15) is 9.59 Å². The first-order valence-corrected chi connectivity index (χ1v) is 6.38. The molecule has 104 valence electrons. The smallest absolute Gasteiger partial charge is 0.325 e. The lowest BCUT2D eigenvalue weighted by atomic mass is 10.0. The van der Waals surface area contributed by atoms with Crippen LogP contribution in [0.3, 0.4) is 0 Å². The van der Waals surface area contributed by atoms with Crippen LogP contribution in [0.5, 0.6) is 0 Å². The van der Waals surface area contributed by atoms with E-state index in [-0.39, 0.29) is 18.9 Å². The Morgan fingerprint density at radius 1 is 1.35 bits per heavy atom. The van der Waals surface area contributed by atoms with Gasteiger partial charge in [0, 0.05) is 30.4 Å². The van der Waals surface area contributed by atoms with Gasteiger partial charge in [0.05, 0.1) is 0 Å². The first kappa shape index (κ1) is 12.7. The Kier molecular flexibility index (Phi) is 2.76. The number of rotatable bonds is 2. The normalized spacial score (nSPS) is 22.4. The third kappa shape index (κ3) is 1.94. The molecule has 1 fully saturated rings. The largest absolute Gasteiger partial charge is 0.480 e. The lowest BCUT2D eigenvalue weighted by molar-refractivity contribution is -0.142. The van der Waals surface area contributed by atoms with E-state index < -0.39 is 11.5 Å². The standard InChI is InChI=1S/C14H15N3O3/c15-14(13(19)20)4-6-17(8-14)12(18)10-2-1-9-3-5-16-11(9)7-10/h1-3,5,7,16H,4,6,8,15H2,(H,19,20). The maximum Gasteiger partial charge on any atom is 0.325 e. The van der Waals surface area contributed by atoms with Gasteiger partial charge in [-0.3, -0.25) is 9.59 Å². The van der Waals surface area contributed by atoms with Crippen LogP contribution < -0.4 is 5.73 Å². The first-order valence-electron chi connectivity index (χ1n) is 6.38. The van der Waals surface area contributed by atoms with Crippen molar-refractivity contribution in [1.29, 1.82) is 0 Å². The second-order valence-corrected chi connectivity index (χ2v) is 5.22. The van der Waals surface area contributed by atoms with Crippen LogP contribution in [0.4, 0.5) is 0 Å². The second kappa shape index (κ2) is 4.35. The highest BCUT2D eigenvalue weighted by molar-refractivity contribution is 5.98. The summed E-state index contributed by atoms with van der Waals surface area (Å²) in [7, 11) is 0. The van der Waals surface area contributed by atoms with E-state index in [2.05, 4.69) is 4.98 Å². The molecular weight excluding hydrogens is 258 g/mol. The number of aliphatic carboxylic acids is 1. The van der Waals surface area contributed by atoms with E-state index in [0.717, 1.165) is 10.9 Å². The molecule has 1 aromatic carbocycles. The van der Waals surface area contributed by atoms with Crippen molar-refractivity contribution in [2.45, 2.75) is 12.0 Å². The van der Waals surface area contributed by atoms with Crippen LogP contribution in [0.1, 0.15) is 16.8 Å². The Labute approximate surface area is 115 Å². The minimum Gasteiger partial charge on any atom is -0.480 e. The molecule has 0 saturated carbocycles. The van der Waals surface area contributed by atoms with Crippen LogP contribution in [0.15, 0.2) is 30.5 Å². The number of benzene rings is 1. The highest BCUT2D eigenvalue weighted by Crippen LogP contribution is 2.22. The molecule has 2 heterocycles. The number of aromatic nitrogens is 1. The molecule has 20 heavy (non-hydrogen) atoms. The average Bonchev–Trinajstić information content (AvgIpc) is 3.04. The summed E-state index contributed by atoms with van der Waals surface area (Å²) in [4.78, 5) is 28.0. The summed E-state index contributed by atoms with van der Waals surface area (Å²) in [5.74, 6) is -1.25. The second-order valence-electron chi connectivity index (χ2n) is 5.22. The zero-order valence-corrected chi connectivity index (χ0v) is 10.8. The van der Waals surface area contributed by atoms with Gasteiger partial charge in [-0.25, -0.2) is 0 Å². The predicted molar refractivity (Wildman–Crippen MR) is 73.4 cm³/mol. The number of carbonyl (C=O) groups excluding carboxylic acids is 1. The molecule has 1 saturated heterocycles. The lowest BCUT2D eigenvalue weighted by Gasteiger charge is -2.20. The van der Waals surface area contributed by atoms with Gasteiger partial charge in [0.15, 0.2) is 0 Å². The summed E-state index contributed by atoms with van der Waals surface area (Å²) < 4.78 is 0. The average molecular weight is 273 g/mol. The Balaban J connectivity index is 1.84. The van der Waals surface area contributed by atoms with Crippen molar-refractivity contribution in [2.24, 2.45) is 5.73 Å². The van der Waals surface area contributed by atoms with Gasteiger partial charge < -0.3 is 20.7 Å². The van der Waals surface area contributed by atoms with Crippen molar-refractivity contribution in [2.75, 3.05) is 13.1 Å². The maximum absolute atomic E-state index is 12.4. The number of carboxylic acids is 1. The number of likely N-dealkylation sites (tertiary alicyclic amines) is 1. The molecule has 0 radical (unpaired) electrons. The third-order valence-electron chi connectivity index (χ3n) is 3.82. The SMILES string of the molecule is NC1(C(=O)O)CCN(C(=O)c2ccc3cc[nH]c3c2)C1. The highest BCUT2D eigenvalue weighted by atomic mass is 16.4. The minimum atomic E-state index is -1.33. The van der Waals surface area contributed by atoms with Crippen molar-refractivity contribution in [1.82, 2.24) is 9.88 Å². The summed E-state index contributed by atoms with van der Waals surface area (Å²) in [6, 6.07) is 7.31. The Hall–Kier alpha value is -2.34. The summed E-state index contributed by atoms with van der Waals surface area (Å²) in [6.07, 6.45) is 2.09. The van der Waals surface area contributed by atoms with E-state index in [0.29, 0.717) is 12.1 Å². The van der Waals surface area contributed by atoms with E-state index in [1.807, 2.05) is 18.3 Å². The number of carboxylic acid groups (broad SMARTS) is 1. The number of nitrogens with one attached hydrogen (secondary N) is 1. The van der Waals surface area contributed by atoms with Crippen LogP contribution in [0.25, 0.3) is 10.9 Å². The monoisotopic (exact) mass is 273 g/mol. The zero-order chi connectivity index (χ0) is 14.3. The fourth-order valence-electron chi connectivity index (χ4n) is 2.54. The van der Waals surface area contributed by atoms with Crippen LogP contribution in [-0.2, 0) is 4.79 Å². The van der Waals surface area contributed by atoms with Gasteiger partial charge in [-0.15, -0.1) is 0 Å². The molecule has 6 nitrogen and oxygen atoms in total. The van der Waals surface area contributed by atoms with E-state index in [1.165, 1.54) is 4.90 Å². The molecule has 0 bridgehead atoms. The first-order chi connectivity index (χ1) is 9.49. The van der Waals surface area contributed by atoms with Crippen molar-refractivity contribution in [3.05, 3.63) is 36.0 Å². The molecule has 0 aliphatic carbocycles. The molecule has 2 aromatic rings. The van der Waals surface area contributed by atoms with E-state index >= 15 is 0 Å². The number of carbonyl (C=O) groups is 2. The van der Waals surface area contributed by atoms with Crippen LogP contribution in [0, 0.1) is 0 Å².